The normalized spacial score (nSPS) is 21.5. The molecule has 2 fully saturated rings. The van der Waals surface area contributed by atoms with Gasteiger partial charge in [0.25, 0.3) is 0 Å². The van der Waals surface area contributed by atoms with Crippen molar-refractivity contribution >= 4 is 17.8 Å². The second-order valence-electron chi connectivity index (χ2n) is 6.85. The molecule has 1 N–H and O–H groups in total. The molecule has 148 valence electrons. The Labute approximate surface area is 155 Å². The molecule has 8 heteroatoms. The van der Waals surface area contributed by atoms with Crippen LogP contribution in [-0.2, 0) is 23.9 Å². The maximum Gasteiger partial charge on any atom is 0.305 e. The number of amides is 2. The van der Waals surface area contributed by atoms with Crippen LogP contribution in [0.1, 0.15) is 32.1 Å². The standard InChI is InChI=1S/C18H31N3O5/c1-25-17(23)4-2-7-19-18(24)15-5-6-16(22)21(14-15)9-3-8-20-10-12-26-13-11-20/h15H,2-14H2,1H3,(H,19,24). The van der Waals surface area contributed by atoms with Crippen LogP contribution in [0.4, 0.5) is 0 Å². The molecular weight excluding hydrogens is 338 g/mol. The van der Waals surface area contributed by atoms with Crippen molar-refractivity contribution < 1.29 is 23.9 Å². The molecule has 1 unspecified atom stereocenters. The Morgan fingerprint density at radius 3 is 2.73 bits per heavy atom. The number of hydrogen-bond acceptors (Lipinski definition) is 6. The van der Waals surface area contributed by atoms with Gasteiger partial charge in [-0.3, -0.25) is 19.3 Å². The van der Waals surface area contributed by atoms with Gasteiger partial charge in [0.1, 0.15) is 0 Å². The Balaban J connectivity index is 1.66. The van der Waals surface area contributed by atoms with Crippen LogP contribution in [0.5, 0.6) is 0 Å². The summed E-state index contributed by atoms with van der Waals surface area (Å²) in [6.45, 7) is 6.05. The third-order valence-electron chi connectivity index (χ3n) is 4.96. The zero-order valence-corrected chi connectivity index (χ0v) is 15.7. The number of carbonyl (C=O) groups is 3. The summed E-state index contributed by atoms with van der Waals surface area (Å²) in [6.07, 6.45) is 2.81. The maximum atomic E-state index is 12.3. The number of carbonyl (C=O) groups excluding carboxylic acids is 3. The van der Waals surface area contributed by atoms with Crippen molar-refractivity contribution in [2.75, 3.05) is 59.6 Å². The Kier molecular flexibility index (Phi) is 8.84. The van der Waals surface area contributed by atoms with Crippen molar-refractivity contribution in [1.82, 2.24) is 15.1 Å². The minimum Gasteiger partial charge on any atom is -0.469 e. The first-order chi connectivity index (χ1) is 12.6. The van der Waals surface area contributed by atoms with Gasteiger partial charge in [-0.25, -0.2) is 0 Å². The lowest BCUT2D eigenvalue weighted by Crippen LogP contribution is -2.47. The Hall–Kier alpha value is -1.67. The molecule has 0 aliphatic carbocycles. The van der Waals surface area contributed by atoms with Gasteiger partial charge in [0.2, 0.25) is 11.8 Å². The number of nitrogens with one attached hydrogen (secondary N) is 1. The fourth-order valence-electron chi connectivity index (χ4n) is 3.35. The molecule has 0 saturated carbocycles. The molecule has 0 aromatic heterocycles. The molecule has 0 spiro atoms. The molecule has 2 aliphatic heterocycles. The van der Waals surface area contributed by atoms with Crippen molar-refractivity contribution in [2.24, 2.45) is 5.92 Å². The number of piperidine rings is 1. The van der Waals surface area contributed by atoms with E-state index in [1.807, 2.05) is 4.90 Å². The van der Waals surface area contributed by atoms with Crippen molar-refractivity contribution in [3.63, 3.8) is 0 Å². The average Bonchev–Trinajstić information content (AvgIpc) is 2.67. The van der Waals surface area contributed by atoms with Crippen molar-refractivity contribution in [1.29, 1.82) is 0 Å². The van der Waals surface area contributed by atoms with E-state index in [-0.39, 0.29) is 23.7 Å². The van der Waals surface area contributed by atoms with Crippen LogP contribution in [0.2, 0.25) is 0 Å². The Morgan fingerprint density at radius 1 is 1.23 bits per heavy atom. The van der Waals surface area contributed by atoms with Crippen molar-refractivity contribution in [3.05, 3.63) is 0 Å². The van der Waals surface area contributed by atoms with Gasteiger partial charge in [-0.2, -0.15) is 0 Å². The minimum absolute atomic E-state index is 0.0273. The van der Waals surface area contributed by atoms with Gasteiger partial charge in [0.15, 0.2) is 0 Å². The predicted octanol–water partition coefficient (Wildman–Crippen LogP) is 0.0167. The predicted molar refractivity (Wildman–Crippen MR) is 95.4 cm³/mol. The number of likely N-dealkylation sites (tertiary alicyclic amines) is 1. The number of morpholine rings is 1. The van der Waals surface area contributed by atoms with Gasteiger partial charge in [-0.05, 0) is 19.3 Å². The van der Waals surface area contributed by atoms with E-state index in [2.05, 4.69) is 15.0 Å². The van der Waals surface area contributed by atoms with E-state index < -0.39 is 0 Å². The summed E-state index contributed by atoms with van der Waals surface area (Å²) in [4.78, 5) is 39.7. The quantitative estimate of drug-likeness (QED) is 0.455. The fraction of sp³-hybridized carbons (Fsp3) is 0.833. The van der Waals surface area contributed by atoms with Crippen LogP contribution < -0.4 is 5.32 Å². The molecule has 0 aromatic rings. The monoisotopic (exact) mass is 369 g/mol. The molecule has 0 radical (unpaired) electrons. The van der Waals surface area contributed by atoms with Crippen LogP contribution in [0.3, 0.4) is 0 Å². The second-order valence-corrected chi connectivity index (χ2v) is 6.85. The van der Waals surface area contributed by atoms with Gasteiger partial charge in [-0.1, -0.05) is 0 Å². The number of nitrogens with zero attached hydrogens (tertiary/aromatic N) is 2. The first-order valence-corrected chi connectivity index (χ1v) is 9.52. The van der Waals surface area contributed by atoms with Crippen molar-refractivity contribution in [2.45, 2.75) is 32.1 Å². The largest absolute Gasteiger partial charge is 0.469 e. The molecule has 26 heavy (non-hydrogen) atoms. The molecule has 2 saturated heterocycles. The zero-order chi connectivity index (χ0) is 18.8. The van der Waals surface area contributed by atoms with Gasteiger partial charge >= 0.3 is 5.97 Å². The summed E-state index contributed by atoms with van der Waals surface area (Å²) in [6, 6.07) is 0. The van der Waals surface area contributed by atoms with E-state index in [4.69, 9.17) is 4.74 Å². The fourth-order valence-corrected chi connectivity index (χ4v) is 3.35. The molecule has 1 atom stereocenters. The lowest BCUT2D eigenvalue weighted by molar-refractivity contribution is -0.141. The van der Waals surface area contributed by atoms with Crippen LogP contribution in [-0.4, -0.2) is 87.2 Å². The van der Waals surface area contributed by atoms with E-state index in [0.29, 0.717) is 45.3 Å². The van der Waals surface area contributed by atoms with E-state index in [9.17, 15) is 14.4 Å². The van der Waals surface area contributed by atoms with E-state index in [1.54, 1.807) is 0 Å². The maximum absolute atomic E-state index is 12.3. The molecule has 2 heterocycles. The van der Waals surface area contributed by atoms with Crippen LogP contribution in [0.25, 0.3) is 0 Å². The van der Waals surface area contributed by atoms with Crippen molar-refractivity contribution in [3.8, 4) is 0 Å². The summed E-state index contributed by atoms with van der Waals surface area (Å²) in [5.74, 6) is -0.314. The van der Waals surface area contributed by atoms with Gasteiger partial charge in [-0.15, -0.1) is 0 Å². The molecule has 0 aromatic carbocycles. The average molecular weight is 369 g/mol. The van der Waals surface area contributed by atoms with Gasteiger partial charge in [0.05, 0.1) is 26.2 Å². The number of ether oxygens (including phenoxy) is 2. The Bertz CT molecular complexity index is 479. The molecule has 0 bridgehead atoms. The third-order valence-corrected chi connectivity index (χ3v) is 4.96. The van der Waals surface area contributed by atoms with Gasteiger partial charge in [0, 0.05) is 52.1 Å². The van der Waals surface area contributed by atoms with Crippen LogP contribution in [0.15, 0.2) is 0 Å². The van der Waals surface area contributed by atoms with Crippen LogP contribution >= 0.6 is 0 Å². The van der Waals surface area contributed by atoms with E-state index >= 15 is 0 Å². The highest BCUT2D eigenvalue weighted by Gasteiger charge is 2.29. The summed E-state index contributed by atoms with van der Waals surface area (Å²) in [7, 11) is 1.35. The molecule has 2 aliphatic rings. The number of rotatable bonds is 9. The van der Waals surface area contributed by atoms with Gasteiger partial charge < -0.3 is 19.7 Å². The third kappa shape index (κ3) is 6.92. The summed E-state index contributed by atoms with van der Waals surface area (Å²) < 4.78 is 9.91. The first kappa shape index (κ1) is 20.6. The highest BCUT2D eigenvalue weighted by atomic mass is 16.5. The SMILES string of the molecule is COC(=O)CCCNC(=O)C1CCC(=O)N(CCCN2CCOCC2)C1. The summed E-state index contributed by atoms with van der Waals surface area (Å²) in [5.41, 5.74) is 0. The lowest BCUT2D eigenvalue weighted by atomic mass is 9.96. The highest BCUT2D eigenvalue weighted by molar-refractivity contribution is 5.83. The molecule has 2 amide bonds. The second kappa shape index (κ2) is 11.1. The van der Waals surface area contributed by atoms with E-state index in [0.717, 1.165) is 39.3 Å². The smallest absolute Gasteiger partial charge is 0.305 e. The number of methoxy groups -OCH3 is 1. The highest BCUT2D eigenvalue weighted by Crippen LogP contribution is 2.18. The minimum atomic E-state index is -0.269. The topological polar surface area (TPSA) is 88.2 Å². The summed E-state index contributed by atoms with van der Waals surface area (Å²) >= 11 is 0. The molecular formula is C18H31N3O5. The molecule has 8 nitrogen and oxygen atoms in total. The first-order valence-electron chi connectivity index (χ1n) is 9.52. The van der Waals surface area contributed by atoms with E-state index in [1.165, 1.54) is 7.11 Å². The lowest BCUT2D eigenvalue weighted by Gasteiger charge is -2.33. The van der Waals surface area contributed by atoms with Crippen LogP contribution in [0, 0.1) is 5.92 Å². The number of hydrogen-bond donors (Lipinski definition) is 1. The summed E-state index contributed by atoms with van der Waals surface area (Å²) in [5, 5.41) is 2.87. The number of esters is 1. The molecule has 2 rings (SSSR count). The zero-order valence-electron chi connectivity index (χ0n) is 15.7. The Morgan fingerprint density at radius 2 is 2.00 bits per heavy atom.